The van der Waals surface area contributed by atoms with Crippen LogP contribution in [0, 0.1) is 0 Å². The molecule has 3 N–H and O–H groups in total. The van der Waals surface area contributed by atoms with Crippen LogP contribution in [0.15, 0.2) is 0 Å². The minimum Gasteiger partial charge on any atom is -0.726 e. The second-order valence-corrected chi connectivity index (χ2v) is 3.85. The molecule has 12 nitrogen and oxygen atoms in total. The molecule has 0 aliphatic heterocycles. The molecule has 0 fully saturated rings. The van der Waals surface area contributed by atoms with Crippen molar-refractivity contribution in [1.82, 2.24) is 0 Å². The Labute approximate surface area is 101 Å². The summed E-state index contributed by atoms with van der Waals surface area (Å²) in [4.78, 5) is 0. The first kappa shape index (κ1) is 25.1. The van der Waals surface area contributed by atoms with Crippen molar-refractivity contribution < 1.29 is 69.6 Å². The fourth-order valence-corrected chi connectivity index (χ4v) is 0. The Balaban J connectivity index is -0.0000000655. The topological polar surface area (TPSA) is 232 Å². The van der Waals surface area contributed by atoms with Crippen LogP contribution >= 0.6 is 0 Å². The van der Waals surface area contributed by atoms with Crippen molar-refractivity contribution >= 4 is 31.2 Å². The maximum Gasteiger partial charge on any atom is 3.00 e. The van der Waals surface area contributed by atoms with Crippen LogP contribution in [0.25, 0.3) is 0 Å². The van der Waals surface area contributed by atoms with Gasteiger partial charge >= 0.3 is 17.1 Å². The van der Waals surface area contributed by atoms with Crippen LogP contribution in [0.1, 0.15) is 0 Å². The molecule has 0 bridgehead atoms. The van der Waals surface area contributed by atoms with Gasteiger partial charge in [-0.25, -0.2) is 25.3 Å². The van der Waals surface area contributed by atoms with Gasteiger partial charge in [-0.1, -0.05) is 0 Å². The van der Waals surface area contributed by atoms with E-state index in [0.29, 0.717) is 0 Å². The Morgan fingerprint density at radius 3 is 0.562 bits per heavy atom. The van der Waals surface area contributed by atoms with Gasteiger partial charge < -0.3 is 13.7 Å². The first-order valence-corrected chi connectivity index (χ1v) is 6.14. The van der Waals surface area contributed by atoms with Crippen LogP contribution in [0.4, 0.5) is 0 Å². The first-order chi connectivity index (χ1) is 6.00. The van der Waals surface area contributed by atoms with E-state index in [1.54, 1.807) is 0 Å². The molecule has 0 aliphatic rings. The summed E-state index contributed by atoms with van der Waals surface area (Å²) in [5.74, 6) is 0. The summed E-state index contributed by atoms with van der Waals surface area (Å²) in [5.41, 5.74) is 0. The van der Waals surface area contributed by atoms with Gasteiger partial charge in [-0.15, -0.1) is 0 Å². The zero-order valence-corrected chi connectivity index (χ0v) is 10.1. The van der Waals surface area contributed by atoms with E-state index in [9.17, 15) is 0 Å². The van der Waals surface area contributed by atoms with Gasteiger partial charge in [-0.05, 0) is 0 Å². The molecule has 0 rings (SSSR count). The molecule has 0 heterocycles. The summed E-state index contributed by atoms with van der Waals surface area (Å²) in [7, 11) is -14.7. The Morgan fingerprint density at radius 1 is 0.562 bits per heavy atom. The van der Waals surface area contributed by atoms with Gasteiger partial charge in [0.25, 0.3) is 0 Å². The van der Waals surface area contributed by atoms with Crippen molar-refractivity contribution in [3.05, 3.63) is 0 Å². The predicted octanol–water partition coefficient (Wildman–Crippen LogP) is -2.99. The maximum absolute atomic E-state index is 8.63. The number of rotatable bonds is 0. The molecule has 1 radical (unpaired) electrons. The molecule has 0 atom stereocenters. The third-order valence-electron chi connectivity index (χ3n) is 0. The van der Waals surface area contributed by atoms with E-state index in [4.69, 9.17) is 52.6 Å². The van der Waals surface area contributed by atoms with Crippen molar-refractivity contribution in [3.8, 4) is 0 Å². The van der Waals surface area contributed by atoms with Gasteiger partial charge in [-0.2, -0.15) is 0 Å². The van der Waals surface area contributed by atoms with Crippen molar-refractivity contribution in [3.63, 3.8) is 0 Å². The standard InChI is InChI=1S/Fe.3H2O4S/c;3*1-5(2,3)4/h;3*(H2,1,2,3,4)/q+3;;;/p-3. The van der Waals surface area contributed by atoms with Crippen molar-refractivity contribution in [1.29, 1.82) is 0 Å². The number of hydrogen-bond donors (Lipinski definition) is 3. The van der Waals surface area contributed by atoms with E-state index in [1.807, 2.05) is 0 Å². The molecule has 16 heteroatoms. The van der Waals surface area contributed by atoms with Gasteiger partial charge in [0.2, 0.25) is 31.2 Å². The average Bonchev–Trinajstić information content (AvgIpc) is 1.41. The molecule has 101 valence electrons. The predicted molar refractivity (Wildman–Crippen MR) is 37.0 cm³/mol. The van der Waals surface area contributed by atoms with Crippen LogP contribution in [-0.2, 0) is 48.3 Å². The molecule has 0 spiro atoms. The van der Waals surface area contributed by atoms with E-state index in [1.165, 1.54) is 0 Å². The fourth-order valence-electron chi connectivity index (χ4n) is 0. The summed E-state index contributed by atoms with van der Waals surface area (Å²) in [6.07, 6.45) is 0. The van der Waals surface area contributed by atoms with Crippen LogP contribution in [0.5, 0.6) is 0 Å². The summed E-state index contributed by atoms with van der Waals surface area (Å²) < 4.78 is 98.5. The molecule has 0 aromatic carbocycles. The van der Waals surface area contributed by atoms with Crippen molar-refractivity contribution in [2.75, 3.05) is 0 Å². The summed E-state index contributed by atoms with van der Waals surface area (Å²) in [6, 6.07) is 0. The zero-order chi connectivity index (χ0) is 13.5. The van der Waals surface area contributed by atoms with Crippen LogP contribution in [0.3, 0.4) is 0 Å². The van der Waals surface area contributed by atoms with Crippen LogP contribution in [-0.4, -0.2) is 52.6 Å². The SMILES string of the molecule is O=S(=O)([O-])O.O=S(=O)([O-])O.O=S(=O)([O-])O.[Fe+3]. The minimum absolute atomic E-state index is 0. The molecule has 0 amide bonds. The van der Waals surface area contributed by atoms with E-state index in [-0.39, 0.29) is 17.1 Å². The molecule has 16 heavy (non-hydrogen) atoms. The quantitative estimate of drug-likeness (QED) is 0.226. The van der Waals surface area contributed by atoms with Gasteiger partial charge in [0.15, 0.2) is 0 Å². The molecule has 0 aromatic heterocycles. The Kier molecular flexibility index (Phi) is 14.4. The van der Waals surface area contributed by atoms with Crippen LogP contribution < -0.4 is 0 Å². The normalized spacial score (nSPS) is 10.9. The first-order valence-electron chi connectivity index (χ1n) is 2.05. The summed E-state index contributed by atoms with van der Waals surface area (Å²) >= 11 is 0. The molecular formula is H3FeO12S3. The monoisotopic (exact) mass is 347 g/mol. The second-order valence-electron chi connectivity index (χ2n) is 1.28. The van der Waals surface area contributed by atoms with E-state index in [2.05, 4.69) is 0 Å². The largest absolute Gasteiger partial charge is 3.00 e. The van der Waals surface area contributed by atoms with Gasteiger partial charge in [-0.3, -0.25) is 13.7 Å². The third kappa shape index (κ3) is 145000. The summed E-state index contributed by atoms with van der Waals surface area (Å²) in [6.45, 7) is 0. The van der Waals surface area contributed by atoms with Gasteiger partial charge in [0.05, 0.1) is 0 Å². The van der Waals surface area contributed by atoms with Crippen LogP contribution in [0.2, 0.25) is 0 Å². The molecule has 0 saturated carbocycles. The Bertz CT molecular complexity index is 337. The maximum atomic E-state index is 8.63. The molecule has 0 aliphatic carbocycles. The fraction of sp³-hybridized carbons (Fsp3) is 0. The minimum atomic E-state index is -4.92. The van der Waals surface area contributed by atoms with E-state index < -0.39 is 31.2 Å². The van der Waals surface area contributed by atoms with Crippen molar-refractivity contribution in [2.45, 2.75) is 0 Å². The van der Waals surface area contributed by atoms with E-state index >= 15 is 0 Å². The van der Waals surface area contributed by atoms with Crippen molar-refractivity contribution in [2.24, 2.45) is 0 Å². The molecule has 0 aromatic rings. The van der Waals surface area contributed by atoms with Gasteiger partial charge in [0, 0.05) is 0 Å². The molecule has 0 saturated heterocycles. The molecule has 0 unspecified atom stereocenters. The zero-order valence-electron chi connectivity index (χ0n) is 6.59. The smallest absolute Gasteiger partial charge is 0.726 e. The third-order valence-corrected chi connectivity index (χ3v) is 0. The van der Waals surface area contributed by atoms with Gasteiger partial charge in [0.1, 0.15) is 0 Å². The Morgan fingerprint density at radius 2 is 0.562 bits per heavy atom. The van der Waals surface area contributed by atoms with E-state index in [0.717, 1.165) is 0 Å². The Hall–Kier alpha value is 0.129. The molecular weight excluding hydrogens is 344 g/mol. The average molecular weight is 347 g/mol. The summed E-state index contributed by atoms with van der Waals surface area (Å²) in [5, 5.41) is 0. The number of hydrogen-bond acceptors (Lipinski definition) is 9. The second kappa shape index (κ2) is 9.19.